The van der Waals surface area contributed by atoms with Crippen LogP contribution in [-0.4, -0.2) is 48.6 Å². The molecule has 0 aromatic carbocycles. The van der Waals surface area contributed by atoms with Crippen molar-refractivity contribution >= 4 is 18.3 Å². The molecule has 1 aliphatic carbocycles. The van der Waals surface area contributed by atoms with E-state index < -0.39 is 0 Å². The van der Waals surface area contributed by atoms with Crippen LogP contribution >= 0.6 is 12.4 Å². The fourth-order valence-electron chi connectivity index (χ4n) is 2.03. The van der Waals surface area contributed by atoms with Gasteiger partial charge in [0.25, 0.3) is 0 Å². The first-order valence-corrected chi connectivity index (χ1v) is 5.94. The van der Waals surface area contributed by atoms with Gasteiger partial charge in [0, 0.05) is 31.7 Å². The van der Waals surface area contributed by atoms with Crippen molar-refractivity contribution < 1.29 is 4.79 Å². The van der Waals surface area contributed by atoms with Crippen LogP contribution in [0.4, 0.5) is 0 Å². The highest BCUT2D eigenvalue weighted by Gasteiger charge is 2.29. The van der Waals surface area contributed by atoms with E-state index in [1.165, 1.54) is 0 Å². The first-order chi connectivity index (χ1) is 7.16. The highest BCUT2D eigenvalue weighted by molar-refractivity contribution is 5.85. The van der Waals surface area contributed by atoms with Gasteiger partial charge in [-0.05, 0) is 26.7 Å². The molecule has 0 bridgehead atoms. The first-order valence-electron chi connectivity index (χ1n) is 5.94. The van der Waals surface area contributed by atoms with Crippen LogP contribution in [0.3, 0.4) is 0 Å². The molecular weight excluding hydrogens is 226 g/mol. The normalized spacial score (nSPS) is 28.0. The van der Waals surface area contributed by atoms with Crippen molar-refractivity contribution in [2.24, 2.45) is 0 Å². The molecule has 1 saturated heterocycles. The van der Waals surface area contributed by atoms with Crippen molar-refractivity contribution in [3.05, 3.63) is 0 Å². The van der Waals surface area contributed by atoms with E-state index in [1.54, 1.807) is 0 Å². The third-order valence-electron chi connectivity index (χ3n) is 3.25. The number of rotatable bonds is 3. The van der Waals surface area contributed by atoms with Gasteiger partial charge in [-0.25, -0.2) is 0 Å². The lowest BCUT2D eigenvalue weighted by Gasteiger charge is -2.35. The maximum absolute atomic E-state index is 11.8. The van der Waals surface area contributed by atoms with E-state index in [9.17, 15) is 4.79 Å². The standard InChI is InChI=1S/C11H21N3O.ClH/c1-8-7-14(6-5-12-8)9(2)11(15)13-10-3-4-10;/h8-10,12H,3-7H2,1-2H3,(H,13,15);1H. The van der Waals surface area contributed by atoms with Gasteiger partial charge in [0.15, 0.2) is 0 Å². The molecule has 5 heteroatoms. The van der Waals surface area contributed by atoms with Crippen LogP contribution in [0, 0.1) is 0 Å². The second-order valence-electron chi connectivity index (χ2n) is 4.81. The second-order valence-corrected chi connectivity index (χ2v) is 4.81. The maximum atomic E-state index is 11.8. The molecule has 0 aromatic rings. The molecule has 0 radical (unpaired) electrons. The molecule has 16 heavy (non-hydrogen) atoms. The largest absolute Gasteiger partial charge is 0.352 e. The van der Waals surface area contributed by atoms with E-state index in [0.717, 1.165) is 32.5 Å². The van der Waals surface area contributed by atoms with Crippen molar-refractivity contribution in [2.45, 2.75) is 44.8 Å². The summed E-state index contributed by atoms with van der Waals surface area (Å²) in [6, 6.07) is 0.991. The molecule has 4 nitrogen and oxygen atoms in total. The average molecular weight is 248 g/mol. The van der Waals surface area contributed by atoms with Gasteiger partial charge < -0.3 is 10.6 Å². The zero-order valence-electron chi connectivity index (χ0n) is 10.0. The molecule has 0 spiro atoms. The highest BCUT2D eigenvalue weighted by atomic mass is 35.5. The molecular formula is C11H22ClN3O. The van der Waals surface area contributed by atoms with Crippen molar-refractivity contribution in [1.29, 1.82) is 0 Å². The molecule has 1 amide bonds. The number of carbonyl (C=O) groups excluding carboxylic acids is 1. The third-order valence-corrected chi connectivity index (χ3v) is 3.25. The Morgan fingerprint density at radius 3 is 2.75 bits per heavy atom. The number of nitrogens with one attached hydrogen (secondary N) is 2. The number of nitrogens with zero attached hydrogens (tertiary/aromatic N) is 1. The lowest BCUT2D eigenvalue weighted by molar-refractivity contribution is -0.126. The molecule has 2 aliphatic rings. The quantitative estimate of drug-likeness (QED) is 0.758. The van der Waals surface area contributed by atoms with Gasteiger partial charge in [-0.2, -0.15) is 0 Å². The molecule has 2 rings (SSSR count). The van der Waals surface area contributed by atoms with Crippen molar-refractivity contribution in [3.63, 3.8) is 0 Å². The lowest BCUT2D eigenvalue weighted by Crippen LogP contribution is -2.56. The Hall–Kier alpha value is -0.320. The monoisotopic (exact) mass is 247 g/mol. The van der Waals surface area contributed by atoms with E-state index in [1.807, 2.05) is 6.92 Å². The second kappa shape index (κ2) is 5.84. The van der Waals surface area contributed by atoms with Crippen molar-refractivity contribution in [1.82, 2.24) is 15.5 Å². The van der Waals surface area contributed by atoms with Crippen molar-refractivity contribution in [3.8, 4) is 0 Å². The van der Waals surface area contributed by atoms with Gasteiger partial charge in [0.05, 0.1) is 6.04 Å². The third kappa shape index (κ3) is 3.61. The zero-order valence-corrected chi connectivity index (χ0v) is 10.8. The Bertz CT molecular complexity index is 245. The van der Waals surface area contributed by atoms with Gasteiger partial charge in [0.2, 0.25) is 5.91 Å². The number of amides is 1. The van der Waals surface area contributed by atoms with Crippen LogP contribution in [0.2, 0.25) is 0 Å². The Balaban J connectivity index is 0.00000128. The lowest BCUT2D eigenvalue weighted by atomic mass is 10.1. The highest BCUT2D eigenvalue weighted by Crippen LogP contribution is 2.19. The van der Waals surface area contributed by atoms with Gasteiger partial charge in [0.1, 0.15) is 0 Å². The smallest absolute Gasteiger partial charge is 0.237 e. The molecule has 2 unspecified atom stereocenters. The molecule has 1 aliphatic heterocycles. The summed E-state index contributed by atoms with van der Waals surface area (Å²) in [6.45, 7) is 7.11. The van der Waals surface area contributed by atoms with E-state index in [-0.39, 0.29) is 24.4 Å². The molecule has 1 saturated carbocycles. The first kappa shape index (κ1) is 13.7. The summed E-state index contributed by atoms with van der Waals surface area (Å²) in [5.74, 6) is 0.201. The summed E-state index contributed by atoms with van der Waals surface area (Å²) in [6.07, 6.45) is 2.33. The van der Waals surface area contributed by atoms with Crippen molar-refractivity contribution in [2.75, 3.05) is 19.6 Å². The van der Waals surface area contributed by atoms with Gasteiger partial charge in [-0.3, -0.25) is 9.69 Å². The average Bonchev–Trinajstić information content (AvgIpc) is 3.00. The Kier molecular flexibility index (Phi) is 5.02. The minimum absolute atomic E-state index is 0. The van der Waals surface area contributed by atoms with E-state index >= 15 is 0 Å². The summed E-state index contributed by atoms with van der Waals surface area (Å²) < 4.78 is 0. The number of hydrogen-bond donors (Lipinski definition) is 2. The summed E-state index contributed by atoms with van der Waals surface area (Å²) in [5.41, 5.74) is 0. The summed E-state index contributed by atoms with van der Waals surface area (Å²) in [4.78, 5) is 14.1. The fraction of sp³-hybridized carbons (Fsp3) is 0.909. The minimum Gasteiger partial charge on any atom is -0.352 e. The molecule has 94 valence electrons. The number of piperazine rings is 1. The zero-order chi connectivity index (χ0) is 10.8. The molecule has 1 heterocycles. The van der Waals surface area contributed by atoms with Crippen LogP contribution in [-0.2, 0) is 4.79 Å². The summed E-state index contributed by atoms with van der Waals surface area (Å²) >= 11 is 0. The fourth-order valence-corrected chi connectivity index (χ4v) is 2.03. The summed E-state index contributed by atoms with van der Waals surface area (Å²) in [5, 5.41) is 6.45. The predicted molar refractivity (Wildman–Crippen MR) is 66.9 cm³/mol. The van der Waals surface area contributed by atoms with Gasteiger partial charge in [-0.1, -0.05) is 0 Å². The summed E-state index contributed by atoms with van der Waals surface area (Å²) in [7, 11) is 0. The Morgan fingerprint density at radius 2 is 2.19 bits per heavy atom. The topological polar surface area (TPSA) is 44.4 Å². The number of carbonyl (C=O) groups is 1. The van der Waals surface area contributed by atoms with Crippen LogP contribution in [0.25, 0.3) is 0 Å². The molecule has 2 fully saturated rings. The molecule has 2 N–H and O–H groups in total. The number of halogens is 1. The van der Waals surface area contributed by atoms with E-state index in [2.05, 4.69) is 22.5 Å². The Labute approximate surface area is 104 Å². The SMILES string of the molecule is CC1CN(C(C)C(=O)NC2CC2)CCN1.Cl. The van der Waals surface area contributed by atoms with Crippen LogP contribution in [0.5, 0.6) is 0 Å². The number of hydrogen-bond acceptors (Lipinski definition) is 3. The molecule has 0 aromatic heterocycles. The Morgan fingerprint density at radius 1 is 1.50 bits per heavy atom. The molecule has 2 atom stereocenters. The van der Waals surface area contributed by atoms with Crippen LogP contribution in [0.1, 0.15) is 26.7 Å². The van der Waals surface area contributed by atoms with E-state index in [4.69, 9.17) is 0 Å². The van der Waals surface area contributed by atoms with Gasteiger partial charge >= 0.3 is 0 Å². The van der Waals surface area contributed by atoms with Gasteiger partial charge in [-0.15, -0.1) is 12.4 Å². The van der Waals surface area contributed by atoms with Crippen LogP contribution in [0.15, 0.2) is 0 Å². The van der Waals surface area contributed by atoms with Crippen LogP contribution < -0.4 is 10.6 Å². The minimum atomic E-state index is 0. The maximum Gasteiger partial charge on any atom is 0.237 e. The van der Waals surface area contributed by atoms with E-state index in [0.29, 0.717) is 12.1 Å². The predicted octanol–water partition coefficient (Wildman–Crippen LogP) is 0.369.